The predicted molar refractivity (Wildman–Crippen MR) is 142 cm³/mol. The summed E-state index contributed by atoms with van der Waals surface area (Å²) in [5.74, 6) is -1.30. The second-order valence-corrected chi connectivity index (χ2v) is 9.22. The Labute approximate surface area is 219 Å². The monoisotopic (exact) mass is 522 g/mol. The number of benzene rings is 3. The third-order valence-corrected chi connectivity index (χ3v) is 6.35. The predicted octanol–water partition coefficient (Wildman–Crippen LogP) is 4.00. The van der Waals surface area contributed by atoms with Crippen molar-refractivity contribution in [2.75, 3.05) is 11.9 Å². The Balaban J connectivity index is 1.61. The van der Waals surface area contributed by atoms with E-state index >= 15 is 0 Å². The Bertz CT molecular complexity index is 1340. The van der Waals surface area contributed by atoms with Gasteiger partial charge in [0.25, 0.3) is 5.91 Å². The molecule has 0 saturated carbocycles. The number of carbonyl (C=O) groups is 3. The Morgan fingerprint density at radius 2 is 1.69 bits per heavy atom. The summed E-state index contributed by atoms with van der Waals surface area (Å²) in [5, 5.41) is 6.24. The Kier molecular flexibility index (Phi) is 7.72. The van der Waals surface area contributed by atoms with Crippen LogP contribution in [0.3, 0.4) is 0 Å². The fraction of sp³-hybridized carbons (Fsp3) is 0.185. The van der Waals surface area contributed by atoms with Crippen molar-refractivity contribution in [1.82, 2.24) is 10.6 Å². The average molecular weight is 523 g/mol. The molecular weight excluding hydrogens is 499 g/mol. The molecule has 0 aromatic heterocycles. The molecule has 1 unspecified atom stereocenters. The second-order valence-electron chi connectivity index (χ2n) is 8.38. The molecule has 1 heterocycles. The number of halogens is 2. The van der Waals surface area contributed by atoms with Gasteiger partial charge in [0.15, 0.2) is 0 Å². The number of aliphatic imine (C=N–C) groups is 1. The average Bonchev–Trinajstić information content (AvgIpc) is 2.95. The highest BCUT2D eigenvalue weighted by Crippen LogP contribution is 2.31. The van der Waals surface area contributed by atoms with E-state index in [9.17, 15) is 14.4 Å². The van der Waals surface area contributed by atoms with Crippen LogP contribution in [0.2, 0.25) is 10.0 Å². The van der Waals surface area contributed by atoms with Gasteiger partial charge in [-0.05, 0) is 36.8 Å². The SMILES string of the molecule is C[C@H](NC(=O)Cc1ccccc1)C(=O)NC1N=C(c2ccccc2Cl)c2cc(Cl)ccc2N(C)C1=O. The van der Waals surface area contributed by atoms with Gasteiger partial charge in [0.1, 0.15) is 6.04 Å². The molecule has 0 radical (unpaired) electrons. The summed E-state index contributed by atoms with van der Waals surface area (Å²) in [6.45, 7) is 1.55. The van der Waals surface area contributed by atoms with E-state index in [1.807, 2.05) is 36.4 Å². The Morgan fingerprint density at radius 3 is 2.42 bits per heavy atom. The van der Waals surface area contributed by atoms with Gasteiger partial charge in [0.2, 0.25) is 18.0 Å². The molecule has 1 aliphatic rings. The Morgan fingerprint density at radius 1 is 1.00 bits per heavy atom. The van der Waals surface area contributed by atoms with Crippen molar-refractivity contribution in [1.29, 1.82) is 0 Å². The van der Waals surface area contributed by atoms with Crippen LogP contribution in [0.1, 0.15) is 23.6 Å². The number of nitrogens with one attached hydrogen (secondary N) is 2. The van der Waals surface area contributed by atoms with Crippen molar-refractivity contribution in [3.05, 3.63) is 99.5 Å². The highest BCUT2D eigenvalue weighted by Gasteiger charge is 2.32. The number of anilines is 1. The number of likely N-dealkylation sites (N-methyl/N-ethyl adjacent to an activating group) is 1. The number of benzodiazepines with no additional fused rings is 1. The minimum absolute atomic E-state index is 0.133. The molecule has 0 fully saturated rings. The molecule has 3 aromatic rings. The number of hydrogen-bond acceptors (Lipinski definition) is 4. The topological polar surface area (TPSA) is 90.9 Å². The molecule has 9 heteroatoms. The van der Waals surface area contributed by atoms with Crippen LogP contribution in [0, 0.1) is 0 Å². The molecule has 0 spiro atoms. The lowest BCUT2D eigenvalue weighted by molar-refractivity contribution is -0.130. The summed E-state index contributed by atoms with van der Waals surface area (Å²) in [7, 11) is 1.60. The molecule has 2 atom stereocenters. The molecule has 184 valence electrons. The van der Waals surface area contributed by atoms with E-state index < -0.39 is 24.0 Å². The molecule has 7 nitrogen and oxygen atoms in total. The third-order valence-electron chi connectivity index (χ3n) is 5.78. The number of carbonyl (C=O) groups excluding carboxylic acids is 3. The summed E-state index contributed by atoms with van der Waals surface area (Å²) in [6, 6.07) is 20.5. The van der Waals surface area contributed by atoms with Crippen LogP contribution < -0.4 is 15.5 Å². The van der Waals surface area contributed by atoms with Gasteiger partial charge in [-0.1, -0.05) is 71.7 Å². The number of hydrogen-bond donors (Lipinski definition) is 2. The molecular formula is C27H24Cl2N4O3. The Hall–Kier alpha value is -3.68. The van der Waals surface area contributed by atoms with E-state index in [0.29, 0.717) is 32.6 Å². The van der Waals surface area contributed by atoms with Crippen molar-refractivity contribution in [2.24, 2.45) is 4.99 Å². The summed E-state index contributed by atoms with van der Waals surface area (Å²) in [6.07, 6.45) is -1.11. The number of amides is 3. The van der Waals surface area contributed by atoms with E-state index in [0.717, 1.165) is 5.56 Å². The lowest BCUT2D eigenvalue weighted by Crippen LogP contribution is -2.52. The van der Waals surface area contributed by atoms with Gasteiger partial charge in [-0.25, -0.2) is 4.99 Å². The van der Waals surface area contributed by atoms with Gasteiger partial charge in [-0.15, -0.1) is 0 Å². The van der Waals surface area contributed by atoms with Crippen molar-refractivity contribution in [2.45, 2.75) is 25.6 Å². The molecule has 0 saturated heterocycles. The van der Waals surface area contributed by atoms with Gasteiger partial charge in [-0.3, -0.25) is 14.4 Å². The van der Waals surface area contributed by atoms with Crippen LogP contribution in [0.25, 0.3) is 0 Å². The third kappa shape index (κ3) is 5.58. The van der Waals surface area contributed by atoms with Gasteiger partial charge < -0.3 is 15.5 Å². The maximum Gasteiger partial charge on any atom is 0.272 e. The van der Waals surface area contributed by atoms with Crippen molar-refractivity contribution in [3.8, 4) is 0 Å². The van der Waals surface area contributed by atoms with Crippen LogP contribution >= 0.6 is 23.2 Å². The van der Waals surface area contributed by atoms with E-state index in [2.05, 4.69) is 15.6 Å². The molecule has 3 amide bonds. The van der Waals surface area contributed by atoms with Crippen molar-refractivity contribution >= 4 is 52.3 Å². The molecule has 4 rings (SSSR count). The maximum absolute atomic E-state index is 13.3. The van der Waals surface area contributed by atoms with Crippen molar-refractivity contribution < 1.29 is 14.4 Å². The molecule has 2 N–H and O–H groups in total. The normalized spacial score (nSPS) is 15.9. The molecule has 0 aliphatic carbocycles. The first kappa shape index (κ1) is 25.4. The summed E-state index contributed by atoms with van der Waals surface area (Å²) >= 11 is 12.7. The van der Waals surface area contributed by atoms with Gasteiger partial charge in [-0.2, -0.15) is 0 Å². The lowest BCUT2D eigenvalue weighted by atomic mass is 10.00. The summed E-state index contributed by atoms with van der Waals surface area (Å²) in [4.78, 5) is 44.8. The lowest BCUT2D eigenvalue weighted by Gasteiger charge is -2.22. The molecule has 36 heavy (non-hydrogen) atoms. The van der Waals surface area contributed by atoms with Crippen LogP contribution in [-0.4, -0.2) is 42.7 Å². The minimum Gasteiger partial charge on any atom is -0.344 e. The van der Waals surface area contributed by atoms with Crippen LogP contribution in [0.4, 0.5) is 5.69 Å². The van der Waals surface area contributed by atoms with E-state index in [1.54, 1.807) is 50.4 Å². The van der Waals surface area contributed by atoms with Crippen LogP contribution in [-0.2, 0) is 20.8 Å². The van der Waals surface area contributed by atoms with Crippen LogP contribution in [0.5, 0.6) is 0 Å². The number of rotatable bonds is 6. The molecule has 3 aromatic carbocycles. The minimum atomic E-state index is -1.24. The number of fused-ring (bicyclic) bond motifs is 1. The van der Waals surface area contributed by atoms with Gasteiger partial charge in [0.05, 0.1) is 17.8 Å². The summed E-state index contributed by atoms with van der Waals surface area (Å²) < 4.78 is 0. The molecule has 1 aliphatic heterocycles. The molecule has 0 bridgehead atoms. The quantitative estimate of drug-likeness (QED) is 0.512. The zero-order chi connectivity index (χ0) is 25.8. The zero-order valence-corrected chi connectivity index (χ0v) is 21.2. The smallest absolute Gasteiger partial charge is 0.272 e. The highest BCUT2D eigenvalue weighted by molar-refractivity contribution is 6.37. The van der Waals surface area contributed by atoms with E-state index in [-0.39, 0.29) is 12.3 Å². The van der Waals surface area contributed by atoms with E-state index in [4.69, 9.17) is 23.2 Å². The highest BCUT2D eigenvalue weighted by atomic mass is 35.5. The first-order valence-corrected chi connectivity index (χ1v) is 12.0. The fourth-order valence-corrected chi connectivity index (χ4v) is 4.30. The first-order chi connectivity index (χ1) is 17.2. The largest absolute Gasteiger partial charge is 0.344 e. The fourth-order valence-electron chi connectivity index (χ4n) is 3.91. The first-order valence-electron chi connectivity index (χ1n) is 11.3. The number of nitrogens with zero attached hydrogens (tertiary/aromatic N) is 2. The van der Waals surface area contributed by atoms with Crippen molar-refractivity contribution in [3.63, 3.8) is 0 Å². The van der Waals surface area contributed by atoms with E-state index in [1.165, 1.54) is 4.90 Å². The standard InChI is InChI=1S/C27H24Cl2N4O3/c1-16(30-23(34)14-17-8-4-3-5-9-17)26(35)32-25-27(36)33(2)22-13-12-18(28)15-20(22)24(31-25)19-10-6-7-11-21(19)29/h3-13,15-16,25H,14H2,1-2H3,(H,30,34)(H,32,35)/t16-,25?/m0/s1. The van der Waals surface area contributed by atoms with Crippen LogP contribution in [0.15, 0.2) is 77.8 Å². The van der Waals surface area contributed by atoms with Gasteiger partial charge in [0, 0.05) is 28.2 Å². The maximum atomic E-state index is 13.3. The van der Waals surface area contributed by atoms with Gasteiger partial charge >= 0.3 is 0 Å². The zero-order valence-electron chi connectivity index (χ0n) is 19.7. The second kappa shape index (κ2) is 10.9. The summed E-state index contributed by atoms with van der Waals surface area (Å²) in [5.41, 5.74) is 3.01.